The Hall–Kier alpha value is -0.850. The largest absolute Gasteiger partial charge is 0.399 e. The van der Waals surface area contributed by atoms with Crippen LogP contribution in [0.2, 0.25) is 5.02 Å². The highest BCUT2D eigenvalue weighted by Gasteiger charge is 2.26. The summed E-state index contributed by atoms with van der Waals surface area (Å²) in [6.45, 7) is 9.42. The molecule has 26 heavy (non-hydrogen) atoms. The summed E-state index contributed by atoms with van der Waals surface area (Å²) in [5.74, 6) is 0. The van der Waals surface area contributed by atoms with E-state index in [2.05, 4.69) is 13.8 Å². The Morgan fingerprint density at radius 2 is 1.58 bits per heavy atom. The fourth-order valence-electron chi connectivity index (χ4n) is 2.63. The van der Waals surface area contributed by atoms with Crippen LogP contribution < -0.4 is 5.73 Å². The standard InChI is InChI=1S/C20H34ClNO4/c1-19(2,8-10-26-20(3,4)14-18(23-5)24-6)25-9-7-15-11-16(21)13-17(22)12-15/h11-13,18H,7-10,14,22H2,1-6H3. The van der Waals surface area contributed by atoms with Gasteiger partial charge in [-0.25, -0.2) is 0 Å². The van der Waals surface area contributed by atoms with Crippen LogP contribution in [0, 0.1) is 0 Å². The molecule has 0 saturated carbocycles. The maximum Gasteiger partial charge on any atom is 0.159 e. The molecule has 0 aromatic heterocycles. The van der Waals surface area contributed by atoms with Crippen LogP contribution in [0.1, 0.15) is 46.1 Å². The van der Waals surface area contributed by atoms with Crippen molar-refractivity contribution in [3.05, 3.63) is 28.8 Å². The Morgan fingerprint density at radius 1 is 0.962 bits per heavy atom. The van der Waals surface area contributed by atoms with Gasteiger partial charge in [0.2, 0.25) is 0 Å². The normalized spacial score (nSPS) is 12.8. The predicted octanol–water partition coefficient (Wildman–Crippen LogP) is 4.45. The van der Waals surface area contributed by atoms with Crippen molar-refractivity contribution in [2.45, 2.75) is 64.4 Å². The number of halogens is 1. The average molecular weight is 388 g/mol. The van der Waals surface area contributed by atoms with Gasteiger partial charge in [0.25, 0.3) is 0 Å². The summed E-state index contributed by atoms with van der Waals surface area (Å²) in [5, 5.41) is 0.653. The first-order chi connectivity index (χ1) is 12.1. The molecule has 0 radical (unpaired) electrons. The van der Waals surface area contributed by atoms with Crippen molar-refractivity contribution in [1.29, 1.82) is 0 Å². The Bertz CT molecular complexity index is 524. The van der Waals surface area contributed by atoms with E-state index in [9.17, 15) is 0 Å². The fourth-order valence-corrected chi connectivity index (χ4v) is 2.90. The molecule has 0 fully saturated rings. The van der Waals surface area contributed by atoms with Crippen LogP contribution in [0.4, 0.5) is 5.69 Å². The van der Waals surface area contributed by atoms with Crippen LogP contribution in [-0.4, -0.2) is 44.9 Å². The topological polar surface area (TPSA) is 62.9 Å². The number of rotatable bonds is 12. The summed E-state index contributed by atoms with van der Waals surface area (Å²) >= 11 is 6.03. The molecular weight excluding hydrogens is 354 g/mol. The van der Waals surface area contributed by atoms with E-state index in [1.165, 1.54) is 0 Å². The van der Waals surface area contributed by atoms with E-state index in [4.69, 9.17) is 36.3 Å². The lowest BCUT2D eigenvalue weighted by molar-refractivity contribution is -0.153. The smallest absolute Gasteiger partial charge is 0.159 e. The van der Waals surface area contributed by atoms with Crippen LogP contribution in [0.5, 0.6) is 0 Å². The summed E-state index contributed by atoms with van der Waals surface area (Å²) in [4.78, 5) is 0. The van der Waals surface area contributed by atoms with Gasteiger partial charge in [0.1, 0.15) is 0 Å². The lowest BCUT2D eigenvalue weighted by atomic mass is 10.0. The zero-order chi connectivity index (χ0) is 19.8. The summed E-state index contributed by atoms with van der Waals surface area (Å²) in [6.07, 6.45) is 1.96. The molecule has 1 rings (SSSR count). The highest BCUT2D eigenvalue weighted by molar-refractivity contribution is 6.30. The van der Waals surface area contributed by atoms with E-state index in [-0.39, 0.29) is 17.5 Å². The maximum absolute atomic E-state index is 6.04. The first-order valence-corrected chi connectivity index (χ1v) is 9.33. The number of methoxy groups -OCH3 is 2. The second kappa shape index (κ2) is 10.5. The molecular formula is C20H34ClNO4. The molecule has 0 heterocycles. The molecule has 0 unspecified atom stereocenters. The molecule has 0 saturated heterocycles. The van der Waals surface area contributed by atoms with Gasteiger partial charge >= 0.3 is 0 Å². The molecule has 0 bridgehead atoms. The third kappa shape index (κ3) is 9.19. The van der Waals surface area contributed by atoms with Crippen molar-refractivity contribution in [2.24, 2.45) is 0 Å². The summed E-state index contributed by atoms with van der Waals surface area (Å²) < 4.78 is 22.6. The van der Waals surface area contributed by atoms with Crippen LogP contribution in [0.15, 0.2) is 18.2 Å². The zero-order valence-corrected chi connectivity index (χ0v) is 17.7. The van der Waals surface area contributed by atoms with Crippen molar-refractivity contribution >= 4 is 17.3 Å². The molecule has 1 aromatic carbocycles. The molecule has 2 N–H and O–H groups in total. The van der Waals surface area contributed by atoms with Crippen molar-refractivity contribution < 1.29 is 18.9 Å². The molecule has 1 aromatic rings. The third-order valence-electron chi connectivity index (χ3n) is 4.24. The van der Waals surface area contributed by atoms with Gasteiger partial charge in [-0.2, -0.15) is 0 Å². The molecule has 0 aliphatic heterocycles. The molecule has 6 heteroatoms. The maximum atomic E-state index is 6.04. The van der Waals surface area contributed by atoms with Crippen LogP contribution >= 0.6 is 11.6 Å². The summed E-state index contributed by atoms with van der Waals surface area (Å²) in [7, 11) is 3.27. The Kier molecular flexibility index (Phi) is 9.34. The monoisotopic (exact) mass is 387 g/mol. The molecule has 0 spiro atoms. The number of nitrogen functional groups attached to an aromatic ring is 1. The average Bonchev–Trinajstić information content (AvgIpc) is 2.51. The quantitative estimate of drug-likeness (QED) is 0.424. The van der Waals surface area contributed by atoms with Crippen molar-refractivity contribution in [1.82, 2.24) is 0 Å². The number of ether oxygens (including phenoxy) is 4. The van der Waals surface area contributed by atoms with Gasteiger partial charge < -0.3 is 24.7 Å². The SMILES string of the molecule is COC(CC(C)(C)OCCC(C)(C)OCCc1cc(N)cc(Cl)c1)OC. The van der Waals surface area contributed by atoms with Gasteiger partial charge in [-0.3, -0.25) is 0 Å². The van der Waals surface area contributed by atoms with E-state index in [0.717, 1.165) is 18.4 Å². The molecule has 0 atom stereocenters. The van der Waals surface area contributed by atoms with Crippen molar-refractivity contribution in [3.63, 3.8) is 0 Å². The Balaban J connectivity index is 2.37. The summed E-state index contributed by atoms with van der Waals surface area (Å²) in [5.41, 5.74) is 6.97. The first-order valence-electron chi connectivity index (χ1n) is 8.95. The van der Waals surface area contributed by atoms with Crippen LogP contribution in [0.3, 0.4) is 0 Å². The first kappa shape index (κ1) is 23.2. The van der Waals surface area contributed by atoms with Crippen molar-refractivity contribution in [2.75, 3.05) is 33.2 Å². The van der Waals surface area contributed by atoms with E-state index in [1.54, 1.807) is 20.3 Å². The van der Waals surface area contributed by atoms with E-state index >= 15 is 0 Å². The minimum atomic E-state index is -0.328. The number of benzene rings is 1. The molecule has 150 valence electrons. The molecule has 0 amide bonds. The van der Waals surface area contributed by atoms with Crippen LogP contribution in [-0.2, 0) is 25.4 Å². The van der Waals surface area contributed by atoms with Gasteiger partial charge in [0, 0.05) is 31.4 Å². The number of nitrogens with two attached hydrogens (primary N) is 1. The van der Waals surface area contributed by atoms with E-state index < -0.39 is 0 Å². The number of hydrogen-bond donors (Lipinski definition) is 1. The van der Waals surface area contributed by atoms with Gasteiger partial charge in [0.15, 0.2) is 6.29 Å². The molecule has 0 aliphatic rings. The minimum Gasteiger partial charge on any atom is -0.399 e. The molecule has 0 aliphatic carbocycles. The highest BCUT2D eigenvalue weighted by atomic mass is 35.5. The van der Waals surface area contributed by atoms with E-state index in [0.29, 0.717) is 30.3 Å². The third-order valence-corrected chi connectivity index (χ3v) is 4.46. The second-order valence-corrected chi connectivity index (χ2v) is 8.15. The zero-order valence-electron chi connectivity index (χ0n) is 16.9. The lowest BCUT2D eigenvalue weighted by Gasteiger charge is -2.31. The second-order valence-electron chi connectivity index (χ2n) is 7.71. The van der Waals surface area contributed by atoms with E-state index in [1.807, 2.05) is 26.0 Å². The molecule has 5 nitrogen and oxygen atoms in total. The minimum absolute atomic E-state index is 0.264. The number of hydrogen-bond acceptors (Lipinski definition) is 5. The highest BCUT2D eigenvalue weighted by Crippen LogP contribution is 2.22. The number of anilines is 1. The summed E-state index contributed by atoms with van der Waals surface area (Å²) in [6, 6.07) is 5.59. The van der Waals surface area contributed by atoms with Gasteiger partial charge in [-0.1, -0.05) is 11.6 Å². The van der Waals surface area contributed by atoms with Crippen LogP contribution in [0.25, 0.3) is 0 Å². The Labute approximate surface area is 163 Å². The lowest BCUT2D eigenvalue weighted by Crippen LogP contribution is -2.34. The van der Waals surface area contributed by atoms with Gasteiger partial charge in [0.05, 0.1) is 24.4 Å². The fraction of sp³-hybridized carbons (Fsp3) is 0.700. The van der Waals surface area contributed by atoms with Gasteiger partial charge in [-0.05, 0) is 64.3 Å². The van der Waals surface area contributed by atoms with Crippen molar-refractivity contribution in [3.8, 4) is 0 Å². The van der Waals surface area contributed by atoms with Gasteiger partial charge in [-0.15, -0.1) is 0 Å². The Morgan fingerprint density at radius 3 is 2.15 bits per heavy atom. The predicted molar refractivity (Wildman–Crippen MR) is 107 cm³/mol.